The Kier molecular flexibility index (Phi) is 7.47. The molecule has 4 rings (SSSR count). The van der Waals surface area contributed by atoms with Crippen LogP contribution in [0.1, 0.15) is 30.1 Å². The van der Waals surface area contributed by atoms with Gasteiger partial charge >= 0.3 is 0 Å². The highest BCUT2D eigenvalue weighted by Gasteiger charge is 2.17. The number of carbonyl (C=O) groups is 1. The summed E-state index contributed by atoms with van der Waals surface area (Å²) in [6.07, 6.45) is 4.52. The molecule has 0 fully saturated rings. The SMILES string of the molecule is CCOc1ccc(-n2c(SCCCC(=O)c3ccc(F)cc3)nnc2-c2cccnc2)cc1. The van der Waals surface area contributed by atoms with Gasteiger partial charge < -0.3 is 4.74 Å². The van der Waals surface area contributed by atoms with E-state index in [-0.39, 0.29) is 11.6 Å². The summed E-state index contributed by atoms with van der Waals surface area (Å²) in [5.74, 6) is 1.83. The molecule has 33 heavy (non-hydrogen) atoms. The van der Waals surface area contributed by atoms with Crippen LogP contribution >= 0.6 is 11.8 Å². The highest BCUT2D eigenvalue weighted by Crippen LogP contribution is 2.29. The van der Waals surface area contributed by atoms with Gasteiger partial charge in [0.25, 0.3) is 0 Å². The molecule has 0 saturated carbocycles. The Morgan fingerprint density at radius 2 is 1.85 bits per heavy atom. The molecule has 6 nitrogen and oxygen atoms in total. The van der Waals surface area contributed by atoms with Crippen molar-refractivity contribution in [3.8, 4) is 22.8 Å². The van der Waals surface area contributed by atoms with Crippen molar-refractivity contribution >= 4 is 17.5 Å². The first-order valence-electron chi connectivity index (χ1n) is 10.7. The predicted molar refractivity (Wildman–Crippen MR) is 126 cm³/mol. The second kappa shape index (κ2) is 10.9. The Labute approximate surface area is 195 Å². The first-order chi connectivity index (χ1) is 16.2. The van der Waals surface area contributed by atoms with Gasteiger partial charge in [-0.1, -0.05) is 11.8 Å². The molecule has 0 saturated heterocycles. The number of aromatic nitrogens is 4. The summed E-state index contributed by atoms with van der Waals surface area (Å²) in [7, 11) is 0. The van der Waals surface area contributed by atoms with E-state index in [0.29, 0.717) is 36.6 Å². The number of ether oxygens (including phenoxy) is 1. The van der Waals surface area contributed by atoms with Crippen molar-refractivity contribution in [3.05, 3.63) is 84.4 Å². The number of nitrogens with zero attached hydrogens (tertiary/aromatic N) is 4. The monoisotopic (exact) mass is 462 g/mol. The van der Waals surface area contributed by atoms with E-state index in [1.54, 1.807) is 12.4 Å². The summed E-state index contributed by atoms with van der Waals surface area (Å²) >= 11 is 1.54. The van der Waals surface area contributed by atoms with Gasteiger partial charge in [0.2, 0.25) is 0 Å². The fourth-order valence-corrected chi connectivity index (χ4v) is 4.20. The average molecular weight is 463 g/mol. The minimum atomic E-state index is -0.347. The molecule has 2 aromatic heterocycles. The first kappa shape index (κ1) is 22.7. The molecule has 0 N–H and O–H groups in total. The van der Waals surface area contributed by atoms with Gasteiger partial charge in [-0.3, -0.25) is 14.3 Å². The molecule has 4 aromatic rings. The van der Waals surface area contributed by atoms with Crippen molar-refractivity contribution in [3.63, 3.8) is 0 Å². The maximum absolute atomic E-state index is 13.1. The lowest BCUT2D eigenvalue weighted by molar-refractivity contribution is 0.0982. The number of hydrogen-bond acceptors (Lipinski definition) is 6. The third-order valence-electron chi connectivity index (χ3n) is 4.90. The number of benzene rings is 2. The molecule has 168 valence electrons. The number of hydrogen-bond donors (Lipinski definition) is 0. The lowest BCUT2D eigenvalue weighted by Gasteiger charge is -2.11. The van der Waals surface area contributed by atoms with Crippen LogP contribution in [-0.4, -0.2) is 37.9 Å². The molecule has 0 aliphatic rings. The first-order valence-corrected chi connectivity index (χ1v) is 11.6. The zero-order chi connectivity index (χ0) is 23.0. The van der Waals surface area contributed by atoms with Crippen LogP contribution in [-0.2, 0) is 0 Å². The molecular weight excluding hydrogens is 439 g/mol. The third kappa shape index (κ3) is 5.64. The Bertz CT molecular complexity index is 1200. The van der Waals surface area contributed by atoms with Gasteiger partial charge in [0.05, 0.1) is 6.61 Å². The second-order valence-electron chi connectivity index (χ2n) is 7.19. The normalized spacial score (nSPS) is 10.8. The van der Waals surface area contributed by atoms with Gasteiger partial charge in [-0.15, -0.1) is 10.2 Å². The van der Waals surface area contributed by atoms with Gasteiger partial charge in [0, 0.05) is 41.4 Å². The summed E-state index contributed by atoms with van der Waals surface area (Å²) in [4.78, 5) is 16.6. The van der Waals surface area contributed by atoms with E-state index in [2.05, 4.69) is 15.2 Å². The molecule has 0 radical (unpaired) electrons. The van der Waals surface area contributed by atoms with Crippen LogP contribution in [0.15, 0.2) is 78.2 Å². The lowest BCUT2D eigenvalue weighted by Crippen LogP contribution is -2.02. The Morgan fingerprint density at radius 1 is 1.06 bits per heavy atom. The second-order valence-corrected chi connectivity index (χ2v) is 8.25. The van der Waals surface area contributed by atoms with E-state index in [4.69, 9.17) is 4.74 Å². The van der Waals surface area contributed by atoms with Crippen LogP contribution in [0, 0.1) is 5.82 Å². The Hall–Kier alpha value is -3.52. The van der Waals surface area contributed by atoms with Crippen molar-refractivity contribution in [1.82, 2.24) is 19.7 Å². The molecule has 8 heteroatoms. The van der Waals surface area contributed by atoms with E-state index in [0.717, 1.165) is 22.2 Å². The molecule has 2 aromatic carbocycles. The van der Waals surface area contributed by atoms with Crippen LogP contribution in [0.3, 0.4) is 0 Å². The molecule has 0 atom stereocenters. The van der Waals surface area contributed by atoms with Gasteiger partial charge in [-0.2, -0.15) is 0 Å². The van der Waals surface area contributed by atoms with Gasteiger partial charge in [-0.05, 0) is 74.0 Å². The van der Waals surface area contributed by atoms with Crippen molar-refractivity contribution in [2.24, 2.45) is 0 Å². The van der Waals surface area contributed by atoms with Crippen molar-refractivity contribution in [1.29, 1.82) is 0 Å². The predicted octanol–water partition coefficient (Wildman–Crippen LogP) is 5.62. The van der Waals surface area contributed by atoms with Gasteiger partial charge in [0.15, 0.2) is 16.8 Å². The summed E-state index contributed by atoms with van der Waals surface area (Å²) in [5.41, 5.74) is 2.29. The minimum Gasteiger partial charge on any atom is -0.494 e. The van der Waals surface area contributed by atoms with Crippen LogP contribution in [0.4, 0.5) is 4.39 Å². The summed E-state index contributed by atoms with van der Waals surface area (Å²) in [6.45, 7) is 2.55. The van der Waals surface area contributed by atoms with Gasteiger partial charge in [-0.25, -0.2) is 4.39 Å². The Morgan fingerprint density at radius 3 is 2.55 bits per heavy atom. The number of pyridine rings is 1. The van der Waals surface area contributed by atoms with E-state index >= 15 is 0 Å². The molecule has 0 aliphatic carbocycles. The van der Waals surface area contributed by atoms with E-state index in [1.165, 1.54) is 36.0 Å². The number of thioether (sulfide) groups is 1. The molecule has 0 amide bonds. The number of Topliss-reactive ketones (excluding diaryl/α,β-unsaturated/α-hetero) is 1. The Balaban J connectivity index is 1.50. The van der Waals surface area contributed by atoms with Crippen LogP contribution in [0.5, 0.6) is 5.75 Å². The topological polar surface area (TPSA) is 69.9 Å². The third-order valence-corrected chi connectivity index (χ3v) is 5.92. The maximum Gasteiger partial charge on any atom is 0.196 e. The van der Waals surface area contributed by atoms with Crippen molar-refractivity contribution in [2.75, 3.05) is 12.4 Å². The quantitative estimate of drug-likeness (QED) is 0.173. The highest BCUT2D eigenvalue weighted by molar-refractivity contribution is 7.99. The van der Waals surface area contributed by atoms with E-state index in [9.17, 15) is 9.18 Å². The van der Waals surface area contributed by atoms with Crippen molar-refractivity contribution < 1.29 is 13.9 Å². The number of rotatable bonds is 10. The maximum atomic E-state index is 13.1. The van der Waals surface area contributed by atoms with Crippen LogP contribution in [0.2, 0.25) is 0 Å². The molecule has 0 bridgehead atoms. The lowest BCUT2D eigenvalue weighted by atomic mass is 10.1. The van der Waals surface area contributed by atoms with E-state index in [1.807, 2.05) is 47.9 Å². The van der Waals surface area contributed by atoms with Gasteiger partial charge in [0.1, 0.15) is 11.6 Å². The fraction of sp³-hybridized carbons (Fsp3) is 0.200. The number of halogens is 1. The standard InChI is InChI=1S/C25H23FN4O2S/c1-2-32-22-13-11-21(12-14-22)30-24(19-5-3-15-27-17-19)28-29-25(30)33-16-4-6-23(31)18-7-9-20(26)10-8-18/h3,5,7-15,17H,2,4,6,16H2,1H3. The van der Waals surface area contributed by atoms with E-state index < -0.39 is 0 Å². The van der Waals surface area contributed by atoms with Crippen LogP contribution in [0.25, 0.3) is 17.1 Å². The minimum absolute atomic E-state index is 0.000344. The molecule has 2 heterocycles. The molecule has 0 unspecified atom stereocenters. The molecule has 0 aliphatic heterocycles. The summed E-state index contributed by atoms with van der Waals surface area (Å²) in [5, 5.41) is 9.54. The number of ketones is 1. The molecule has 0 spiro atoms. The fourth-order valence-electron chi connectivity index (χ4n) is 3.31. The average Bonchev–Trinajstić information content (AvgIpc) is 3.27. The molecular formula is C25H23FN4O2S. The number of carbonyl (C=O) groups excluding carboxylic acids is 1. The summed E-state index contributed by atoms with van der Waals surface area (Å²) in [6, 6.07) is 17.2. The zero-order valence-corrected chi connectivity index (χ0v) is 19.0. The summed E-state index contributed by atoms with van der Waals surface area (Å²) < 4.78 is 20.6. The smallest absolute Gasteiger partial charge is 0.196 e. The zero-order valence-electron chi connectivity index (χ0n) is 18.1. The largest absolute Gasteiger partial charge is 0.494 e. The van der Waals surface area contributed by atoms with Crippen molar-refractivity contribution in [2.45, 2.75) is 24.9 Å². The highest BCUT2D eigenvalue weighted by atomic mass is 32.2. The van der Waals surface area contributed by atoms with Crippen LogP contribution < -0.4 is 4.74 Å².